The van der Waals surface area contributed by atoms with Crippen LogP contribution in [0.3, 0.4) is 0 Å². The van der Waals surface area contributed by atoms with Gasteiger partial charge in [0.2, 0.25) is 0 Å². The van der Waals surface area contributed by atoms with Crippen LogP contribution in [0.1, 0.15) is 20.9 Å². The van der Waals surface area contributed by atoms with Crippen LogP contribution in [-0.4, -0.2) is 54.8 Å². The third kappa shape index (κ3) is 3.60. The van der Waals surface area contributed by atoms with Gasteiger partial charge in [-0.1, -0.05) is 11.6 Å². The van der Waals surface area contributed by atoms with Gasteiger partial charge in [0.05, 0.1) is 16.8 Å². The van der Waals surface area contributed by atoms with Gasteiger partial charge >= 0.3 is 0 Å². The number of likely N-dealkylation sites (N-methyl/N-ethyl adjacent to an activating group) is 1. The van der Waals surface area contributed by atoms with Crippen molar-refractivity contribution in [3.8, 4) is 0 Å². The van der Waals surface area contributed by atoms with E-state index in [1.54, 1.807) is 35.2 Å². The average molecular weight is 348 g/mol. The fourth-order valence-corrected chi connectivity index (χ4v) is 2.75. The first-order valence-electron chi connectivity index (χ1n) is 7.67. The van der Waals surface area contributed by atoms with Gasteiger partial charge in [-0.2, -0.15) is 0 Å². The van der Waals surface area contributed by atoms with E-state index in [9.17, 15) is 9.59 Å². The van der Waals surface area contributed by atoms with Crippen molar-refractivity contribution >= 4 is 29.1 Å². The summed E-state index contributed by atoms with van der Waals surface area (Å²) in [5.74, 6) is -0.292. The van der Waals surface area contributed by atoms with Gasteiger partial charge in [0.1, 0.15) is 0 Å². The largest absolute Gasteiger partial charge is 0.459 e. The summed E-state index contributed by atoms with van der Waals surface area (Å²) in [5, 5.41) is 3.08. The molecule has 1 aliphatic rings. The summed E-state index contributed by atoms with van der Waals surface area (Å²) in [6.07, 6.45) is 1.43. The van der Waals surface area contributed by atoms with E-state index in [0.717, 1.165) is 13.1 Å². The maximum atomic E-state index is 12.7. The molecule has 1 saturated heterocycles. The Bertz CT molecular complexity index is 738. The Kier molecular flexibility index (Phi) is 4.87. The number of nitrogens with zero attached hydrogens (tertiary/aromatic N) is 2. The number of halogens is 1. The highest BCUT2D eigenvalue weighted by Gasteiger charge is 2.22. The molecule has 0 radical (unpaired) electrons. The van der Waals surface area contributed by atoms with Gasteiger partial charge in [-0.3, -0.25) is 9.59 Å². The number of anilines is 1. The van der Waals surface area contributed by atoms with Gasteiger partial charge in [0, 0.05) is 31.9 Å². The molecular weight excluding hydrogens is 330 g/mol. The number of piperazine rings is 1. The van der Waals surface area contributed by atoms with Gasteiger partial charge in [-0.05, 0) is 37.4 Å². The molecule has 0 atom stereocenters. The Hall–Kier alpha value is -2.31. The molecule has 1 N–H and O–H groups in total. The van der Waals surface area contributed by atoms with Crippen molar-refractivity contribution in [1.29, 1.82) is 0 Å². The van der Waals surface area contributed by atoms with Gasteiger partial charge in [0.25, 0.3) is 11.8 Å². The number of rotatable bonds is 3. The molecule has 0 saturated carbocycles. The Morgan fingerprint density at radius 2 is 1.92 bits per heavy atom. The van der Waals surface area contributed by atoms with E-state index >= 15 is 0 Å². The molecule has 2 aromatic rings. The highest BCUT2D eigenvalue weighted by molar-refractivity contribution is 6.34. The molecule has 0 spiro atoms. The van der Waals surface area contributed by atoms with Crippen molar-refractivity contribution in [2.45, 2.75) is 0 Å². The number of carbonyl (C=O) groups is 2. The molecule has 6 nitrogen and oxygen atoms in total. The van der Waals surface area contributed by atoms with Crippen molar-refractivity contribution in [1.82, 2.24) is 9.80 Å². The van der Waals surface area contributed by atoms with Crippen LogP contribution in [0.5, 0.6) is 0 Å². The van der Waals surface area contributed by atoms with E-state index in [0.29, 0.717) is 29.4 Å². The molecule has 1 aromatic heterocycles. The first kappa shape index (κ1) is 16.5. The lowest BCUT2D eigenvalue weighted by Crippen LogP contribution is -2.47. The summed E-state index contributed by atoms with van der Waals surface area (Å²) >= 11 is 6.19. The van der Waals surface area contributed by atoms with E-state index in [1.165, 1.54) is 6.26 Å². The van der Waals surface area contributed by atoms with Crippen LogP contribution in [0.15, 0.2) is 41.0 Å². The van der Waals surface area contributed by atoms with Crippen LogP contribution in [0.25, 0.3) is 0 Å². The van der Waals surface area contributed by atoms with Crippen molar-refractivity contribution in [2.75, 3.05) is 38.5 Å². The zero-order chi connectivity index (χ0) is 17.1. The van der Waals surface area contributed by atoms with Crippen LogP contribution >= 0.6 is 11.6 Å². The Balaban J connectivity index is 1.76. The summed E-state index contributed by atoms with van der Waals surface area (Å²) in [5.41, 5.74) is 0.886. The Morgan fingerprint density at radius 1 is 1.17 bits per heavy atom. The van der Waals surface area contributed by atoms with E-state index < -0.39 is 0 Å². The fourth-order valence-electron chi connectivity index (χ4n) is 2.55. The van der Waals surface area contributed by atoms with Crippen LogP contribution in [0.4, 0.5) is 5.69 Å². The Morgan fingerprint density at radius 3 is 2.58 bits per heavy atom. The lowest BCUT2D eigenvalue weighted by molar-refractivity contribution is 0.0664. The maximum absolute atomic E-state index is 12.7. The lowest BCUT2D eigenvalue weighted by Gasteiger charge is -2.32. The minimum absolute atomic E-state index is 0.123. The second-order valence-corrected chi connectivity index (χ2v) is 6.13. The van der Waals surface area contributed by atoms with Gasteiger partial charge in [-0.15, -0.1) is 0 Å². The van der Waals surface area contributed by atoms with E-state index in [-0.39, 0.29) is 17.6 Å². The average Bonchev–Trinajstić information content (AvgIpc) is 3.11. The normalized spacial score (nSPS) is 15.3. The molecule has 126 valence electrons. The molecule has 0 aliphatic carbocycles. The minimum atomic E-state index is -0.375. The predicted octanol–water partition coefficient (Wildman–Crippen LogP) is 2.57. The summed E-state index contributed by atoms with van der Waals surface area (Å²) in [6.45, 7) is 2.99. The maximum Gasteiger partial charge on any atom is 0.291 e. The Labute approximate surface area is 145 Å². The zero-order valence-electron chi connectivity index (χ0n) is 13.3. The number of benzene rings is 1. The molecule has 3 rings (SSSR count). The number of amides is 2. The molecular formula is C17H18ClN3O3. The van der Waals surface area contributed by atoms with E-state index in [1.807, 2.05) is 7.05 Å². The molecule has 24 heavy (non-hydrogen) atoms. The molecule has 7 heteroatoms. The standard InChI is InChI=1S/C17H18ClN3O3/c1-20-6-8-21(9-7-20)17(23)13-11-12(4-5-14(13)18)19-16(22)15-3-2-10-24-15/h2-5,10-11H,6-9H2,1H3,(H,19,22). The number of furan rings is 1. The number of hydrogen-bond acceptors (Lipinski definition) is 4. The van der Waals surface area contributed by atoms with Crippen molar-refractivity contribution in [3.63, 3.8) is 0 Å². The second-order valence-electron chi connectivity index (χ2n) is 5.72. The molecule has 0 bridgehead atoms. The van der Waals surface area contributed by atoms with Crippen LogP contribution < -0.4 is 5.32 Å². The quantitative estimate of drug-likeness (QED) is 0.926. The summed E-state index contributed by atoms with van der Waals surface area (Å²) in [7, 11) is 2.03. The molecule has 1 fully saturated rings. The summed E-state index contributed by atoms with van der Waals surface area (Å²) < 4.78 is 5.06. The van der Waals surface area contributed by atoms with E-state index in [2.05, 4.69) is 10.2 Å². The van der Waals surface area contributed by atoms with Crippen molar-refractivity contribution in [2.24, 2.45) is 0 Å². The third-order valence-electron chi connectivity index (χ3n) is 3.99. The van der Waals surface area contributed by atoms with Crippen LogP contribution in [-0.2, 0) is 0 Å². The highest BCUT2D eigenvalue weighted by Crippen LogP contribution is 2.23. The highest BCUT2D eigenvalue weighted by atomic mass is 35.5. The fraction of sp³-hybridized carbons (Fsp3) is 0.294. The summed E-state index contributed by atoms with van der Waals surface area (Å²) in [4.78, 5) is 28.7. The number of carbonyl (C=O) groups excluding carboxylic acids is 2. The first-order valence-corrected chi connectivity index (χ1v) is 8.04. The monoisotopic (exact) mass is 347 g/mol. The predicted molar refractivity (Wildman–Crippen MR) is 91.5 cm³/mol. The SMILES string of the molecule is CN1CCN(C(=O)c2cc(NC(=O)c3ccco3)ccc2Cl)CC1. The van der Waals surface area contributed by atoms with E-state index in [4.69, 9.17) is 16.0 Å². The van der Waals surface area contributed by atoms with Crippen LogP contribution in [0, 0.1) is 0 Å². The topological polar surface area (TPSA) is 65.8 Å². The molecule has 2 amide bonds. The zero-order valence-corrected chi connectivity index (χ0v) is 14.0. The molecule has 1 aromatic carbocycles. The van der Waals surface area contributed by atoms with Crippen molar-refractivity contribution < 1.29 is 14.0 Å². The second kappa shape index (κ2) is 7.07. The third-order valence-corrected chi connectivity index (χ3v) is 4.32. The first-order chi connectivity index (χ1) is 11.5. The molecule has 2 heterocycles. The molecule has 0 unspecified atom stereocenters. The lowest BCUT2D eigenvalue weighted by atomic mass is 10.1. The van der Waals surface area contributed by atoms with Gasteiger partial charge in [0.15, 0.2) is 5.76 Å². The summed E-state index contributed by atoms with van der Waals surface area (Å²) in [6, 6.07) is 8.08. The van der Waals surface area contributed by atoms with Crippen molar-refractivity contribution in [3.05, 3.63) is 52.9 Å². The minimum Gasteiger partial charge on any atom is -0.459 e. The van der Waals surface area contributed by atoms with Gasteiger partial charge in [-0.25, -0.2) is 0 Å². The smallest absolute Gasteiger partial charge is 0.291 e. The number of hydrogen-bond donors (Lipinski definition) is 1. The van der Waals surface area contributed by atoms with Gasteiger partial charge < -0.3 is 19.5 Å². The van der Waals surface area contributed by atoms with Crippen LogP contribution in [0.2, 0.25) is 5.02 Å². The molecule has 1 aliphatic heterocycles. The number of nitrogens with one attached hydrogen (secondary N) is 1.